The zero-order chi connectivity index (χ0) is 14.9. The van der Waals surface area contributed by atoms with Crippen molar-refractivity contribution in [3.05, 3.63) is 36.8 Å². The number of hydrogen-bond donors (Lipinski definition) is 1. The van der Waals surface area contributed by atoms with Crippen LogP contribution in [-0.2, 0) is 0 Å². The molecular weight excluding hydrogens is 301 g/mol. The van der Waals surface area contributed by atoms with Gasteiger partial charge in [0.05, 0.1) is 17.9 Å². The third-order valence-corrected chi connectivity index (χ3v) is 4.02. The zero-order valence-corrected chi connectivity index (χ0v) is 11.7. The Hall–Kier alpha value is -1.70. The molecule has 1 aliphatic carbocycles. The van der Waals surface area contributed by atoms with E-state index in [1.54, 1.807) is 12.3 Å². The van der Waals surface area contributed by atoms with Crippen molar-refractivity contribution in [3.63, 3.8) is 0 Å². The van der Waals surface area contributed by atoms with Crippen LogP contribution < -0.4 is 5.32 Å². The third-order valence-electron chi connectivity index (χ3n) is 3.34. The van der Waals surface area contributed by atoms with Gasteiger partial charge in [-0.2, -0.15) is 18.3 Å². The van der Waals surface area contributed by atoms with Crippen molar-refractivity contribution >= 4 is 17.4 Å². The van der Waals surface area contributed by atoms with Gasteiger partial charge in [-0.15, -0.1) is 0 Å². The highest BCUT2D eigenvalue weighted by Crippen LogP contribution is 2.36. The number of nitrogens with zero attached hydrogens (tertiary/aromatic N) is 3. The number of alkyl halides is 3. The first-order valence-corrected chi connectivity index (χ1v) is 7.29. The highest BCUT2D eigenvalue weighted by atomic mass is 32.2. The largest absolute Gasteiger partial charge is 0.447 e. The third kappa shape index (κ3) is 3.69. The summed E-state index contributed by atoms with van der Waals surface area (Å²) in [5, 5.41) is 7.41. The van der Waals surface area contributed by atoms with E-state index < -0.39 is 5.51 Å². The summed E-state index contributed by atoms with van der Waals surface area (Å²) in [5.74, 6) is 0. The number of thioether (sulfide) groups is 1. The SMILES string of the molecule is FC(F)(F)Sc1ccc(NC2CC(n3cccn3)C2)cn1. The molecule has 0 amide bonds. The standard InChI is InChI=1S/C13H13F3N4S/c14-13(15,16)21-12-3-2-9(8-17-12)19-10-6-11(7-10)20-5-1-4-18-20/h1-5,8,10-11,19H,6-7H2. The van der Waals surface area contributed by atoms with Crippen molar-refractivity contribution in [1.29, 1.82) is 0 Å². The molecule has 112 valence electrons. The van der Waals surface area contributed by atoms with Gasteiger partial charge in [0.25, 0.3) is 0 Å². The summed E-state index contributed by atoms with van der Waals surface area (Å²) in [6.07, 6.45) is 7.02. The molecule has 3 rings (SSSR count). The molecule has 4 nitrogen and oxygen atoms in total. The molecule has 2 aromatic rings. The molecule has 2 heterocycles. The Labute approximate surface area is 123 Å². The monoisotopic (exact) mass is 314 g/mol. The van der Waals surface area contributed by atoms with Crippen molar-refractivity contribution in [2.75, 3.05) is 5.32 Å². The van der Waals surface area contributed by atoms with Crippen LogP contribution in [0.5, 0.6) is 0 Å². The number of rotatable bonds is 4. The quantitative estimate of drug-likeness (QED) is 0.874. The fraction of sp³-hybridized carbons (Fsp3) is 0.385. The summed E-state index contributed by atoms with van der Waals surface area (Å²) in [7, 11) is 0. The first-order chi connectivity index (χ1) is 9.99. The first-order valence-electron chi connectivity index (χ1n) is 6.47. The molecule has 1 saturated carbocycles. The smallest absolute Gasteiger partial charge is 0.381 e. The van der Waals surface area contributed by atoms with Gasteiger partial charge in [0.1, 0.15) is 5.03 Å². The number of halogens is 3. The number of nitrogens with one attached hydrogen (secondary N) is 1. The predicted molar refractivity (Wildman–Crippen MR) is 74.1 cm³/mol. The maximum absolute atomic E-state index is 12.2. The van der Waals surface area contributed by atoms with Crippen LogP contribution in [0.4, 0.5) is 18.9 Å². The molecule has 0 spiro atoms. The minimum Gasteiger partial charge on any atom is -0.381 e. The van der Waals surface area contributed by atoms with Gasteiger partial charge in [0, 0.05) is 30.2 Å². The lowest BCUT2D eigenvalue weighted by molar-refractivity contribution is -0.0329. The van der Waals surface area contributed by atoms with Crippen molar-refractivity contribution < 1.29 is 13.2 Å². The number of pyridine rings is 1. The van der Waals surface area contributed by atoms with Crippen LogP contribution >= 0.6 is 11.8 Å². The molecule has 1 fully saturated rings. The highest BCUT2D eigenvalue weighted by molar-refractivity contribution is 8.00. The molecule has 0 saturated heterocycles. The van der Waals surface area contributed by atoms with Gasteiger partial charge in [-0.05, 0) is 31.0 Å². The fourth-order valence-electron chi connectivity index (χ4n) is 2.30. The van der Waals surface area contributed by atoms with Crippen LogP contribution in [0.15, 0.2) is 41.8 Å². The van der Waals surface area contributed by atoms with Gasteiger partial charge in [0.2, 0.25) is 0 Å². The van der Waals surface area contributed by atoms with Gasteiger partial charge >= 0.3 is 5.51 Å². The Morgan fingerprint density at radius 3 is 2.67 bits per heavy atom. The second kappa shape index (κ2) is 5.59. The minimum atomic E-state index is -4.30. The lowest BCUT2D eigenvalue weighted by Crippen LogP contribution is -2.37. The van der Waals surface area contributed by atoms with Crippen LogP contribution in [0.3, 0.4) is 0 Å². The summed E-state index contributed by atoms with van der Waals surface area (Å²) >= 11 is -0.204. The average molecular weight is 314 g/mol. The van der Waals surface area contributed by atoms with E-state index in [1.807, 2.05) is 16.9 Å². The van der Waals surface area contributed by atoms with Gasteiger partial charge in [-0.3, -0.25) is 4.68 Å². The van der Waals surface area contributed by atoms with Gasteiger partial charge in [-0.1, -0.05) is 0 Å². The summed E-state index contributed by atoms with van der Waals surface area (Å²) in [4.78, 5) is 3.81. The lowest BCUT2D eigenvalue weighted by atomic mass is 9.87. The Kier molecular flexibility index (Phi) is 3.79. The van der Waals surface area contributed by atoms with Crippen molar-refractivity contribution in [1.82, 2.24) is 14.8 Å². The molecule has 0 aromatic carbocycles. The number of anilines is 1. The Bertz CT molecular complexity index is 576. The summed E-state index contributed by atoms with van der Waals surface area (Å²) in [5.41, 5.74) is -3.56. The van der Waals surface area contributed by atoms with E-state index in [-0.39, 0.29) is 16.8 Å². The highest BCUT2D eigenvalue weighted by Gasteiger charge is 2.31. The van der Waals surface area contributed by atoms with E-state index in [9.17, 15) is 13.2 Å². The van der Waals surface area contributed by atoms with Crippen LogP contribution in [0.1, 0.15) is 18.9 Å². The van der Waals surface area contributed by atoms with Crippen LogP contribution in [0, 0.1) is 0 Å². The molecule has 0 aliphatic heterocycles. The molecular formula is C13H13F3N4S. The molecule has 21 heavy (non-hydrogen) atoms. The minimum absolute atomic E-state index is 0.0453. The Morgan fingerprint density at radius 1 is 1.29 bits per heavy atom. The molecule has 0 bridgehead atoms. The zero-order valence-electron chi connectivity index (χ0n) is 10.9. The maximum atomic E-state index is 12.2. The van der Waals surface area contributed by atoms with Crippen molar-refractivity contribution in [3.8, 4) is 0 Å². The van der Waals surface area contributed by atoms with E-state index in [0.29, 0.717) is 12.1 Å². The Balaban J connectivity index is 1.51. The fourth-order valence-corrected chi connectivity index (χ4v) is 2.78. The van der Waals surface area contributed by atoms with Crippen LogP contribution in [0.2, 0.25) is 0 Å². The van der Waals surface area contributed by atoms with E-state index in [4.69, 9.17) is 0 Å². The van der Waals surface area contributed by atoms with Gasteiger partial charge in [-0.25, -0.2) is 4.98 Å². The molecule has 0 unspecified atom stereocenters. The summed E-state index contributed by atoms with van der Waals surface area (Å²) in [6.45, 7) is 0. The van der Waals surface area contributed by atoms with E-state index in [0.717, 1.165) is 18.5 Å². The molecule has 0 radical (unpaired) electrons. The van der Waals surface area contributed by atoms with Crippen LogP contribution in [-0.4, -0.2) is 26.3 Å². The number of hydrogen-bond acceptors (Lipinski definition) is 4. The van der Waals surface area contributed by atoms with Crippen molar-refractivity contribution in [2.24, 2.45) is 0 Å². The Morgan fingerprint density at radius 2 is 2.10 bits per heavy atom. The van der Waals surface area contributed by atoms with Crippen molar-refractivity contribution in [2.45, 2.75) is 35.5 Å². The van der Waals surface area contributed by atoms with E-state index in [2.05, 4.69) is 15.4 Å². The molecule has 1 aliphatic rings. The van der Waals surface area contributed by atoms with Gasteiger partial charge < -0.3 is 5.32 Å². The second-order valence-electron chi connectivity index (χ2n) is 4.89. The normalized spacial score (nSPS) is 21.9. The second-order valence-corrected chi connectivity index (χ2v) is 5.97. The number of aromatic nitrogens is 3. The predicted octanol–water partition coefficient (Wildman–Crippen LogP) is 3.71. The average Bonchev–Trinajstić information content (AvgIpc) is 2.87. The molecule has 2 aromatic heterocycles. The lowest BCUT2D eigenvalue weighted by Gasteiger charge is -2.36. The molecule has 1 N–H and O–H groups in total. The molecule has 8 heteroatoms. The summed E-state index contributed by atoms with van der Waals surface area (Å²) in [6, 6.07) is 5.60. The topological polar surface area (TPSA) is 42.7 Å². The van der Waals surface area contributed by atoms with E-state index >= 15 is 0 Å². The van der Waals surface area contributed by atoms with Gasteiger partial charge in [0.15, 0.2) is 0 Å². The maximum Gasteiger partial charge on any atom is 0.447 e. The molecule has 0 atom stereocenters. The van der Waals surface area contributed by atoms with Crippen LogP contribution in [0.25, 0.3) is 0 Å². The first kappa shape index (κ1) is 14.2. The van der Waals surface area contributed by atoms with E-state index in [1.165, 1.54) is 12.3 Å². The summed E-state index contributed by atoms with van der Waals surface area (Å²) < 4.78 is 38.5.